The van der Waals surface area contributed by atoms with E-state index in [0.717, 1.165) is 76.7 Å². The van der Waals surface area contributed by atoms with Crippen molar-refractivity contribution in [3.05, 3.63) is 28.2 Å². The number of piperidine rings is 1. The molecule has 0 unspecified atom stereocenters. The number of amides is 1. The van der Waals surface area contributed by atoms with Gasteiger partial charge in [0.05, 0.1) is 21.8 Å². The second kappa shape index (κ2) is 12.2. The Morgan fingerprint density at radius 2 is 1.79 bits per heavy atom. The molecule has 154 valence electrons. The van der Waals surface area contributed by atoms with Crippen LogP contribution in [0.4, 0.5) is 5.69 Å². The fraction of sp³-hybridized carbons (Fsp3) is 0.619. The molecule has 0 spiro atoms. The lowest BCUT2D eigenvalue weighted by atomic mass is 9.93. The van der Waals surface area contributed by atoms with Crippen molar-refractivity contribution >= 4 is 35.3 Å². The maximum Gasteiger partial charge on any atom is 0.209 e. The molecule has 0 bridgehead atoms. The lowest BCUT2D eigenvalue weighted by Crippen LogP contribution is -2.47. The first kappa shape index (κ1) is 22.8. The van der Waals surface area contributed by atoms with Crippen molar-refractivity contribution in [2.24, 2.45) is 5.92 Å². The number of rotatable bonds is 5. The molecule has 0 atom stereocenters. The summed E-state index contributed by atoms with van der Waals surface area (Å²) < 4.78 is 0. The molecule has 7 heteroatoms. The maximum absolute atomic E-state index is 10.8. The summed E-state index contributed by atoms with van der Waals surface area (Å²) in [7, 11) is 0. The van der Waals surface area contributed by atoms with Gasteiger partial charge < -0.3 is 9.80 Å². The Kier molecular flexibility index (Phi) is 9.91. The number of halogens is 2. The number of anilines is 1. The zero-order valence-corrected chi connectivity index (χ0v) is 18.1. The molecule has 2 heterocycles. The average Bonchev–Trinajstić information content (AvgIpc) is 2.75. The monoisotopic (exact) mass is 424 g/mol. The van der Waals surface area contributed by atoms with Crippen LogP contribution in [0.2, 0.25) is 10.0 Å². The van der Waals surface area contributed by atoms with Gasteiger partial charge in [-0.2, -0.15) is 5.26 Å². The first-order valence-corrected chi connectivity index (χ1v) is 10.8. The van der Waals surface area contributed by atoms with Crippen LogP contribution in [0.5, 0.6) is 0 Å². The minimum Gasteiger partial charge on any atom is -0.368 e. The molecule has 0 aliphatic carbocycles. The SMILES string of the molecule is CCC#N.O=CN1CCC(CCN2CCN(c3cccc(Cl)c3Cl)CC2)CC1. The van der Waals surface area contributed by atoms with Gasteiger partial charge >= 0.3 is 0 Å². The van der Waals surface area contributed by atoms with E-state index in [1.54, 1.807) is 0 Å². The van der Waals surface area contributed by atoms with E-state index in [1.807, 2.05) is 36.1 Å². The van der Waals surface area contributed by atoms with Gasteiger partial charge in [0.2, 0.25) is 6.41 Å². The van der Waals surface area contributed by atoms with Gasteiger partial charge in [0.15, 0.2) is 0 Å². The predicted molar refractivity (Wildman–Crippen MR) is 116 cm³/mol. The van der Waals surface area contributed by atoms with Gasteiger partial charge in [-0.15, -0.1) is 0 Å². The van der Waals surface area contributed by atoms with Crippen LogP contribution in [0.1, 0.15) is 32.6 Å². The summed E-state index contributed by atoms with van der Waals surface area (Å²) in [6.45, 7) is 8.94. The summed E-state index contributed by atoms with van der Waals surface area (Å²) in [5, 5.41) is 8.91. The van der Waals surface area contributed by atoms with E-state index in [4.69, 9.17) is 28.5 Å². The third kappa shape index (κ3) is 6.84. The average molecular weight is 425 g/mol. The molecular weight excluding hydrogens is 395 g/mol. The Labute approximate surface area is 178 Å². The van der Waals surface area contributed by atoms with Crippen LogP contribution in [-0.4, -0.2) is 62.0 Å². The van der Waals surface area contributed by atoms with Crippen molar-refractivity contribution in [1.29, 1.82) is 5.26 Å². The highest BCUT2D eigenvalue weighted by molar-refractivity contribution is 6.43. The minimum absolute atomic E-state index is 0.623. The molecule has 2 aliphatic heterocycles. The molecule has 2 fully saturated rings. The Bertz CT molecular complexity index is 648. The summed E-state index contributed by atoms with van der Waals surface area (Å²) in [5.74, 6) is 0.765. The molecule has 3 rings (SSSR count). The zero-order valence-electron chi connectivity index (χ0n) is 16.6. The fourth-order valence-corrected chi connectivity index (χ4v) is 4.08. The van der Waals surface area contributed by atoms with Crippen molar-refractivity contribution in [2.45, 2.75) is 32.6 Å². The largest absolute Gasteiger partial charge is 0.368 e. The van der Waals surface area contributed by atoms with E-state index in [2.05, 4.69) is 9.80 Å². The highest BCUT2D eigenvalue weighted by atomic mass is 35.5. The third-order valence-corrected chi connectivity index (χ3v) is 6.26. The van der Waals surface area contributed by atoms with Crippen molar-refractivity contribution in [1.82, 2.24) is 9.80 Å². The van der Waals surface area contributed by atoms with Gasteiger partial charge in [-0.05, 0) is 43.9 Å². The van der Waals surface area contributed by atoms with Gasteiger partial charge in [0.1, 0.15) is 0 Å². The number of hydrogen-bond donors (Lipinski definition) is 0. The number of nitriles is 1. The first-order chi connectivity index (χ1) is 13.6. The predicted octanol–water partition coefficient (Wildman–Crippen LogP) is 4.29. The Morgan fingerprint density at radius 3 is 2.36 bits per heavy atom. The molecule has 1 aromatic carbocycles. The summed E-state index contributed by atoms with van der Waals surface area (Å²) in [4.78, 5) is 17.5. The molecule has 0 saturated carbocycles. The molecule has 5 nitrogen and oxygen atoms in total. The van der Waals surface area contributed by atoms with Gasteiger partial charge in [-0.25, -0.2) is 0 Å². The Morgan fingerprint density at radius 1 is 1.14 bits per heavy atom. The third-order valence-electron chi connectivity index (χ3n) is 5.45. The van der Waals surface area contributed by atoms with E-state index in [9.17, 15) is 4.79 Å². The van der Waals surface area contributed by atoms with E-state index < -0.39 is 0 Å². The molecule has 0 radical (unpaired) electrons. The first-order valence-electron chi connectivity index (χ1n) is 10.1. The maximum atomic E-state index is 10.8. The number of piperazine rings is 1. The van der Waals surface area contributed by atoms with Crippen LogP contribution in [0.25, 0.3) is 0 Å². The second-order valence-electron chi connectivity index (χ2n) is 7.29. The van der Waals surface area contributed by atoms with Crippen molar-refractivity contribution in [3.8, 4) is 6.07 Å². The van der Waals surface area contributed by atoms with Crippen LogP contribution < -0.4 is 4.90 Å². The molecule has 1 aromatic rings. The summed E-state index contributed by atoms with van der Waals surface area (Å²) in [5.41, 5.74) is 1.05. The van der Waals surface area contributed by atoms with Gasteiger partial charge in [-0.3, -0.25) is 9.69 Å². The Hall–Kier alpha value is -1.48. The molecule has 2 aliphatic rings. The fourth-order valence-electron chi connectivity index (χ4n) is 3.66. The van der Waals surface area contributed by atoms with E-state index in [0.29, 0.717) is 16.5 Å². The smallest absolute Gasteiger partial charge is 0.209 e. The number of benzene rings is 1. The van der Waals surface area contributed by atoms with Crippen molar-refractivity contribution in [3.63, 3.8) is 0 Å². The summed E-state index contributed by atoms with van der Waals surface area (Å²) >= 11 is 12.5. The van der Waals surface area contributed by atoms with Gasteiger partial charge in [0.25, 0.3) is 0 Å². The van der Waals surface area contributed by atoms with Gasteiger partial charge in [-0.1, -0.05) is 36.2 Å². The van der Waals surface area contributed by atoms with Crippen LogP contribution in [-0.2, 0) is 4.79 Å². The van der Waals surface area contributed by atoms with E-state index in [1.165, 1.54) is 6.42 Å². The number of likely N-dealkylation sites (tertiary alicyclic amines) is 1. The number of carbonyl (C=O) groups excluding carboxylic acids is 1. The number of carbonyl (C=O) groups is 1. The lowest BCUT2D eigenvalue weighted by Gasteiger charge is -2.37. The number of hydrogen-bond acceptors (Lipinski definition) is 4. The highest BCUT2D eigenvalue weighted by Crippen LogP contribution is 2.33. The Balaban J connectivity index is 0.000000640. The van der Waals surface area contributed by atoms with Gasteiger partial charge in [0, 0.05) is 45.7 Å². The molecule has 2 saturated heterocycles. The topological polar surface area (TPSA) is 50.6 Å². The molecule has 1 amide bonds. The normalized spacial score (nSPS) is 18.2. The minimum atomic E-state index is 0.623. The summed E-state index contributed by atoms with van der Waals surface area (Å²) in [6, 6.07) is 7.77. The highest BCUT2D eigenvalue weighted by Gasteiger charge is 2.22. The van der Waals surface area contributed by atoms with Crippen molar-refractivity contribution < 1.29 is 4.79 Å². The lowest BCUT2D eigenvalue weighted by molar-refractivity contribution is -0.119. The quantitative estimate of drug-likeness (QED) is 0.661. The van der Waals surface area contributed by atoms with Crippen molar-refractivity contribution in [2.75, 3.05) is 50.7 Å². The van der Waals surface area contributed by atoms with E-state index >= 15 is 0 Å². The summed E-state index contributed by atoms with van der Waals surface area (Å²) in [6.07, 6.45) is 5.15. The molecule has 0 aromatic heterocycles. The molecular formula is C21H30Cl2N4O. The van der Waals surface area contributed by atoms with E-state index in [-0.39, 0.29) is 0 Å². The zero-order chi connectivity index (χ0) is 20.4. The second-order valence-corrected chi connectivity index (χ2v) is 8.07. The molecule has 0 N–H and O–H groups in total. The van der Waals surface area contributed by atoms with Crippen LogP contribution >= 0.6 is 23.2 Å². The van der Waals surface area contributed by atoms with Crippen LogP contribution in [0.15, 0.2) is 18.2 Å². The van der Waals surface area contributed by atoms with Crippen LogP contribution in [0, 0.1) is 17.2 Å². The molecule has 28 heavy (non-hydrogen) atoms. The number of nitrogens with zero attached hydrogens (tertiary/aromatic N) is 4. The van der Waals surface area contributed by atoms with Crippen LogP contribution in [0.3, 0.4) is 0 Å². The standard InChI is InChI=1S/C18H25Cl2N3O.C3H5N/c19-16-2-1-3-17(18(16)20)23-12-10-21(11-13-23)7-4-15-5-8-22(14-24)9-6-15;1-2-3-4/h1-3,14-15H,4-13H2;2H2,1H3.